The molecule has 1 aliphatic heterocycles. The van der Waals surface area contributed by atoms with Crippen LogP contribution in [0.1, 0.15) is 95.8 Å². The minimum absolute atomic E-state index is 0.181. The summed E-state index contributed by atoms with van der Waals surface area (Å²) in [5.41, 5.74) is 3.51. The molecule has 0 aromatic heterocycles. The third kappa shape index (κ3) is 4.42. The van der Waals surface area contributed by atoms with E-state index in [1.807, 2.05) is 11.8 Å². The average Bonchev–Trinajstić information content (AvgIpc) is 2.72. The molecule has 1 N–H and O–H groups in total. The van der Waals surface area contributed by atoms with E-state index < -0.39 is 5.60 Å². The monoisotopic (exact) mass is 459 g/mol. The number of hydrogen-bond donors (Lipinski definition) is 1. The molecular weight excluding hydrogens is 414 g/mol. The quantitative estimate of drug-likeness (QED) is 0.319. The summed E-state index contributed by atoms with van der Waals surface area (Å²) in [6.45, 7) is 11.8. The SMILES string of the molecule is CCCCCOCCc1ccc2c(c1SCCC)C1(C)CCN(C3CCC3)C(C2)C1(C)O. The topological polar surface area (TPSA) is 32.7 Å². The van der Waals surface area contributed by atoms with Crippen LogP contribution in [0.15, 0.2) is 17.0 Å². The van der Waals surface area contributed by atoms with Crippen molar-refractivity contribution in [3.8, 4) is 0 Å². The van der Waals surface area contributed by atoms with E-state index in [0.29, 0.717) is 6.04 Å². The molecule has 1 heterocycles. The van der Waals surface area contributed by atoms with Gasteiger partial charge in [-0.25, -0.2) is 0 Å². The molecule has 0 radical (unpaired) electrons. The van der Waals surface area contributed by atoms with E-state index in [1.54, 1.807) is 0 Å². The van der Waals surface area contributed by atoms with E-state index in [1.165, 1.54) is 60.1 Å². The highest BCUT2D eigenvalue weighted by Gasteiger charge is 2.59. The molecule has 180 valence electrons. The Morgan fingerprint density at radius 1 is 1.12 bits per heavy atom. The number of rotatable bonds is 11. The fourth-order valence-electron chi connectivity index (χ4n) is 6.26. The molecule has 2 aliphatic carbocycles. The van der Waals surface area contributed by atoms with Gasteiger partial charge in [-0.1, -0.05) is 52.2 Å². The highest BCUT2D eigenvalue weighted by Crippen LogP contribution is 2.55. The first-order valence-electron chi connectivity index (χ1n) is 13.3. The van der Waals surface area contributed by atoms with Crippen molar-refractivity contribution < 1.29 is 9.84 Å². The maximum atomic E-state index is 12.1. The van der Waals surface area contributed by atoms with Gasteiger partial charge in [-0.2, -0.15) is 0 Å². The first kappa shape index (κ1) is 24.6. The highest BCUT2D eigenvalue weighted by molar-refractivity contribution is 7.99. The summed E-state index contributed by atoms with van der Waals surface area (Å²) in [5, 5.41) is 12.1. The van der Waals surface area contributed by atoms with Crippen molar-refractivity contribution in [3.63, 3.8) is 0 Å². The predicted molar refractivity (Wildman–Crippen MR) is 136 cm³/mol. The molecule has 3 unspecified atom stereocenters. The van der Waals surface area contributed by atoms with Crippen molar-refractivity contribution in [2.24, 2.45) is 0 Å². The zero-order chi connectivity index (χ0) is 22.8. The Balaban J connectivity index is 1.62. The molecule has 2 bridgehead atoms. The normalized spacial score (nSPS) is 30.2. The molecule has 0 spiro atoms. The summed E-state index contributed by atoms with van der Waals surface area (Å²) in [6, 6.07) is 5.70. The van der Waals surface area contributed by atoms with Crippen molar-refractivity contribution in [2.45, 2.75) is 120 Å². The fourth-order valence-corrected chi connectivity index (χ4v) is 7.52. The lowest BCUT2D eigenvalue weighted by Crippen LogP contribution is -2.71. The van der Waals surface area contributed by atoms with E-state index in [9.17, 15) is 5.11 Å². The second-order valence-corrected chi connectivity index (χ2v) is 11.9. The second kappa shape index (κ2) is 10.4. The standard InChI is InChI=1S/C28H45NO2S/c1-5-7-8-17-31-18-14-21-12-13-22-20-24-28(4,30)27(3,25(22)26(21)32-19-6-2)15-16-29(24)23-10-9-11-23/h12-13,23-24,30H,5-11,14-20H2,1-4H3. The van der Waals surface area contributed by atoms with E-state index in [0.717, 1.165) is 51.2 Å². The molecule has 3 aliphatic rings. The zero-order valence-electron chi connectivity index (χ0n) is 20.9. The summed E-state index contributed by atoms with van der Waals surface area (Å²) in [5.74, 6) is 1.14. The lowest BCUT2D eigenvalue weighted by Gasteiger charge is -2.62. The van der Waals surface area contributed by atoms with Gasteiger partial charge in [0.2, 0.25) is 0 Å². The van der Waals surface area contributed by atoms with Crippen molar-refractivity contribution in [1.29, 1.82) is 0 Å². The van der Waals surface area contributed by atoms with Gasteiger partial charge in [-0.15, -0.1) is 11.8 Å². The van der Waals surface area contributed by atoms with Crippen LogP contribution in [0.3, 0.4) is 0 Å². The molecule has 1 saturated heterocycles. The Hall–Kier alpha value is -0.550. The summed E-state index contributed by atoms with van der Waals surface area (Å²) >= 11 is 2.02. The van der Waals surface area contributed by atoms with Crippen molar-refractivity contribution in [2.75, 3.05) is 25.5 Å². The largest absolute Gasteiger partial charge is 0.388 e. The molecule has 1 aromatic rings. The van der Waals surface area contributed by atoms with E-state index >= 15 is 0 Å². The molecule has 4 heteroatoms. The Labute approximate surface area is 200 Å². The number of unbranched alkanes of at least 4 members (excludes halogenated alkanes) is 2. The Bertz CT molecular complexity index is 775. The highest BCUT2D eigenvalue weighted by atomic mass is 32.2. The van der Waals surface area contributed by atoms with Crippen LogP contribution in [0.5, 0.6) is 0 Å². The van der Waals surface area contributed by atoms with E-state index in [-0.39, 0.29) is 11.5 Å². The van der Waals surface area contributed by atoms with Crippen LogP contribution < -0.4 is 0 Å². The fraction of sp³-hybridized carbons (Fsp3) is 0.786. The molecule has 4 rings (SSSR count). The minimum Gasteiger partial charge on any atom is -0.388 e. The number of aliphatic hydroxyl groups is 1. The first-order chi connectivity index (χ1) is 15.4. The van der Waals surface area contributed by atoms with Crippen molar-refractivity contribution in [3.05, 3.63) is 28.8 Å². The molecule has 3 atom stereocenters. The van der Waals surface area contributed by atoms with Gasteiger partial charge < -0.3 is 9.84 Å². The number of thioether (sulfide) groups is 1. The third-order valence-corrected chi connectivity index (χ3v) is 10.1. The first-order valence-corrected chi connectivity index (χ1v) is 14.3. The van der Waals surface area contributed by atoms with Gasteiger partial charge in [-0.05, 0) is 80.9 Å². The maximum absolute atomic E-state index is 12.1. The molecule has 2 fully saturated rings. The smallest absolute Gasteiger partial charge is 0.0871 e. The van der Waals surface area contributed by atoms with Gasteiger partial charge >= 0.3 is 0 Å². The van der Waals surface area contributed by atoms with Crippen LogP contribution in [-0.2, 0) is 23.0 Å². The minimum atomic E-state index is -0.690. The number of piperidine rings is 1. The summed E-state index contributed by atoms with van der Waals surface area (Å²) in [7, 11) is 0. The molecule has 32 heavy (non-hydrogen) atoms. The van der Waals surface area contributed by atoms with Gasteiger partial charge in [0, 0.05) is 29.0 Å². The zero-order valence-corrected chi connectivity index (χ0v) is 21.7. The summed E-state index contributed by atoms with van der Waals surface area (Å²) < 4.78 is 5.98. The number of ether oxygens (including phenoxy) is 1. The number of fused-ring (bicyclic) bond motifs is 4. The van der Waals surface area contributed by atoms with Gasteiger partial charge in [0.1, 0.15) is 0 Å². The Kier molecular flexibility index (Phi) is 7.97. The lowest BCUT2D eigenvalue weighted by molar-refractivity contribution is -0.147. The van der Waals surface area contributed by atoms with E-state index in [2.05, 4.69) is 44.7 Å². The number of benzene rings is 1. The Morgan fingerprint density at radius 2 is 1.94 bits per heavy atom. The van der Waals surface area contributed by atoms with Crippen molar-refractivity contribution in [1.82, 2.24) is 4.90 Å². The van der Waals surface area contributed by atoms with Gasteiger partial charge in [0.25, 0.3) is 0 Å². The number of hydrogen-bond acceptors (Lipinski definition) is 4. The average molecular weight is 460 g/mol. The van der Waals surface area contributed by atoms with Crippen LogP contribution in [0.2, 0.25) is 0 Å². The summed E-state index contributed by atoms with van der Waals surface area (Å²) in [6.07, 6.45) is 11.8. The molecule has 1 saturated carbocycles. The van der Waals surface area contributed by atoms with Gasteiger partial charge in [-0.3, -0.25) is 4.90 Å². The van der Waals surface area contributed by atoms with E-state index in [4.69, 9.17) is 4.74 Å². The van der Waals surface area contributed by atoms with Crippen LogP contribution >= 0.6 is 11.8 Å². The summed E-state index contributed by atoms with van der Waals surface area (Å²) in [4.78, 5) is 4.13. The molecule has 3 nitrogen and oxygen atoms in total. The van der Waals surface area contributed by atoms with Crippen LogP contribution in [0, 0.1) is 0 Å². The van der Waals surface area contributed by atoms with Gasteiger partial charge in [0.15, 0.2) is 0 Å². The second-order valence-electron chi connectivity index (χ2n) is 10.8. The lowest BCUT2D eigenvalue weighted by atomic mass is 9.55. The van der Waals surface area contributed by atoms with Crippen LogP contribution in [-0.4, -0.2) is 53.2 Å². The Morgan fingerprint density at radius 3 is 2.62 bits per heavy atom. The predicted octanol–water partition coefficient (Wildman–Crippen LogP) is 6.13. The van der Waals surface area contributed by atoms with Crippen LogP contribution in [0.4, 0.5) is 0 Å². The molecule has 1 aromatic carbocycles. The number of likely N-dealkylation sites (tertiary alicyclic amines) is 1. The number of nitrogens with zero attached hydrogens (tertiary/aromatic N) is 1. The maximum Gasteiger partial charge on any atom is 0.0871 e. The molecular formula is C28H45NO2S. The third-order valence-electron chi connectivity index (χ3n) is 8.73. The van der Waals surface area contributed by atoms with Crippen LogP contribution in [0.25, 0.3) is 0 Å². The van der Waals surface area contributed by atoms with Crippen molar-refractivity contribution >= 4 is 11.8 Å². The van der Waals surface area contributed by atoms with Gasteiger partial charge in [0.05, 0.1) is 12.2 Å². The molecule has 0 amide bonds.